The number of amides is 1. The third-order valence-corrected chi connectivity index (χ3v) is 3.03. The third kappa shape index (κ3) is 4.46. The van der Waals surface area contributed by atoms with E-state index in [9.17, 15) is 4.79 Å². The second-order valence-corrected chi connectivity index (χ2v) is 6.32. The van der Waals surface area contributed by atoms with E-state index in [0.717, 1.165) is 16.5 Å². The Morgan fingerprint density at radius 1 is 1.24 bits per heavy atom. The number of benzene rings is 1. The highest BCUT2D eigenvalue weighted by molar-refractivity contribution is 7.80. The first kappa shape index (κ1) is 15.3. The highest BCUT2D eigenvalue weighted by Crippen LogP contribution is 2.17. The van der Waals surface area contributed by atoms with E-state index in [0.29, 0.717) is 5.11 Å². The lowest BCUT2D eigenvalue weighted by molar-refractivity contribution is -0.121. The zero-order valence-corrected chi connectivity index (χ0v) is 13.2. The van der Waals surface area contributed by atoms with E-state index in [-0.39, 0.29) is 17.9 Å². The van der Waals surface area contributed by atoms with Gasteiger partial charge in [-0.2, -0.15) is 0 Å². The summed E-state index contributed by atoms with van der Waals surface area (Å²) in [5.74, 6) is -0.141. The van der Waals surface area contributed by atoms with Crippen molar-refractivity contribution in [1.82, 2.24) is 21.2 Å². The fourth-order valence-corrected chi connectivity index (χ4v) is 2.35. The Bertz CT molecular complexity index is 657. The fraction of sp³-hybridized carbons (Fsp3) is 0.333. The lowest BCUT2D eigenvalue weighted by atomic mass is 10.1. The Labute approximate surface area is 129 Å². The number of hydrogen-bond acceptors (Lipinski definition) is 2. The summed E-state index contributed by atoms with van der Waals surface area (Å²) in [7, 11) is 0. The minimum Gasteiger partial charge on any atom is -0.361 e. The number of rotatable bonds is 2. The van der Waals surface area contributed by atoms with Crippen LogP contribution in [0.3, 0.4) is 0 Å². The number of hydrogen-bond donors (Lipinski definition) is 4. The molecule has 0 saturated carbocycles. The molecular weight excluding hydrogens is 284 g/mol. The van der Waals surface area contributed by atoms with Crippen molar-refractivity contribution < 1.29 is 4.79 Å². The minimum atomic E-state index is -0.147. The summed E-state index contributed by atoms with van der Waals surface area (Å²) in [4.78, 5) is 15.1. The lowest BCUT2D eigenvalue weighted by Gasteiger charge is -2.23. The van der Waals surface area contributed by atoms with E-state index in [1.165, 1.54) is 0 Å². The molecule has 1 heterocycles. The van der Waals surface area contributed by atoms with Gasteiger partial charge in [0.05, 0.1) is 6.42 Å². The Balaban J connectivity index is 1.89. The summed E-state index contributed by atoms with van der Waals surface area (Å²) in [5, 5.41) is 4.52. The van der Waals surface area contributed by atoms with Crippen LogP contribution < -0.4 is 16.2 Å². The van der Waals surface area contributed by atoms with Gasteiger partial charge in [-0.3, -0.25) is 15.6 Å². The van der Waals surface area contributed by atoms with Gasteiger partial charge in [-0.1, -0.05) is 18.2 Å². The first-order chi connectivity index (χ1) is 9.85. The molecule has 2 aromatic rings. The third-order valence-electron chi connectivity index (χ3n) is 2.83. The number of hydrazine groups is 1. The molecule has 0 unspecified atom stereocenters. The number of carbonyl (C=O) groups is 1. The molecule has 0 bridgehead atoms. The lowest BCUT2D eigenvalue weighted by Crippen LogP contribution is -2.52. The Kier molecular flexibility index (Phi) is 4.47. The topological polar surface area (TPSA) is 68.9 Å². The van der Waals surface area contributed by atoms with Crippen molar-refractivity contribution in [3.8, 4) is 0 Å². The predicted molar refractivity (Wildman–Crippen MR) is 88.8 cm³/mol. The molecule has 0 fully saturated rings. The average molecular weight is 304 g/mol. The van der Waals surface area contributed by atoms with E-state index in [1.807, 2.05) is 51.2 Å². The molecule has 4 N–H and O–H groups in total. The van der Waals surface area contributed by atoms with Crippen LogP contribution in [0.25, 0.3) is 10.9 Å². The number of carbonyl (C=O) groups excluding carboxylic acids is 1. The highest BCUT2D eigenvalue weighted by Gasteiger charge is 2.12. The van der Waals surface area contributed by atoms with Crippen LogP contribution in [0.4, 0.5) is 0 Å². The number of H-pyrrole nitrogens is 1. The van der Waals surface area contributed by atoms with Crippen LogP contribution in [0.2, 0.25) is 0 Å². The van der Waals surface area contributed by atoms with Gasteiger partial charge in [-0.15, -0.1) is 0 Å². The molecule has 1 amide bonds. The Morgan fingerprint density at radius 2 is 1.95 bits per heavy atom. The summed E-state index contributed by atoms with van der Waals surface area (Å²) >= 11 is 5.10. The van der Waals surface area contributed by atoms with Gasteiger partial charge in [0.25, 0.3) is 0 Å². The Hall–Kier alpha value is -2.08. The van der Waals surface area contributed by atoms with Crippen LogP contribution >= 0.6 is 12.2 Å². The number of nitrogens with one attached hydrogen (secondary N) is 4. The van der Waals surface area contributed by atoms with Crippen molar-refractivity contribution in [2.75, 3.05) is 0 Å². The van der Waals surface area contributed by atoms with Crippen LogP contribution in [0, 0.1) is 0 Å². The van der Waals surface area contributed by atoms with Crippen molar-refractivity contribution in [3.05, 3.63) is 36.0 Å². The number of thiocarbonyl (C=S) groups is 1. The molecule has 2 rings (SSSR count). The maximum atomic E-state index is 11.9. The monoisotopic (exact) mass is 304 g/mol. The summed E-state index contributed by atoms with van der Waals surface area (Å²) in [6, 6.07) is 7.89. The molecule has 21 heavy (non-hydrogen) atoms. The Morgan fingerprint density at radius 3 is 2.67 bits per heavy atom. The molecular formula is C15H20N4OS. The quantitative estimate of drug-likeness (QED) is 0.506. The molecule has 0 atom stereocenters. The number of aromatic nitrogens is 1. The molecule has 0 aliphatic carbocycles. The summed E-state index contributed by atoms with van der Waals surface area (Å²) in [6.07, 6.45) is 2.14. The number of fused-ring (bicyclic) bond motifs is 1. The summed E-state index contributed by atoms with van der Waals surface area (Å²) in [6.45, 7) is 5.98. The SMILES string of the molecule is CC(C)(C)NC(=S)NNC(=O)Cc1c[nH]c2ccccc12. The fourth-order valence-electron chi connectivity index (χ4n) is 1.99. The van der Waals surface area contributed by atoms with Crippen molar-refractivity contribution >= 4 is 34.1 Å². The smallest absolute Gasteiger partial charge is 0.242 e. The summed E-state index contributed by atoms with van der Waals surface area (Å²) in [5.41, 5.74) is 7.15. The molecule has 112 valence electrons. The van der Waals surface area contributed by atoms with E-state index in [2.05, 4.69) is 21.2 Å². The van der Waals surface area contributed by atoms with Crippen molar-refractivity contribution in [1.29, 1.82) is 0 Å². The van der Waals surface area contributed by atoms with Crippen LogP contribution in [-0.2, 0) is 11.2 Å². The average Bonchev–Trinajstić information content (AvgIpc) is 2.78. The second-order valence-electron chi connectivity index (χ2n) is 5.91. The molecule has 0 saturated heterocycles. The zero-order chi connectivity index (χ0) is 15.5. The summed E-state index contributed by atoms with van der Waals surface area (Å²) < 4.78 is 0. The largest absolute Gasteiger partial charge is 0.361 e. The molecule has 0 aliphatic heterocycles. The van der Waals surface area contributed by atoms with E-state index >= 15 is 0 Å². The van der Waals surface area contributed by atoms with Crippen LogP contribution in [0.5, 0.6) is 0 Å². The highest BCUT2D eigenvalue weighted by atomic mass is 32.1. The first-order valence-corrected chi connectivity index (χ1v) is 7.18. The van der Waals surface area contributed by atoms with Crippen molar-refractivity contribution in [3.63, 3.8) is 0 Å². The number of aromatic amines is 1. The van der Waals surface area contributed by atoms with Crippen LogP contribution in [0.15, 0.2) is 30.5 Å². The van der Waals surface area contributed by atoms with Gasteiger partial charge in [0.1, 0.15) is 0 Å². The van der Waals surface area contributed by atoms with Gasteiger partial charge in [-0.05, 0) is 44.6 Å². The standard InChI is InChI=1S/C15H20N4OS/c1-15(2,3)17-14(21)19-18-13(20)8-10-9-16-12-7-5-4-6-11(10)12/h4-7,9,16H,8H2,1-3H3,(H,18,20)(H2,17,19,21). The normalized spacial score (nSPS) is 11.2. The van der Waals surface area contributed by atoms with E-state index in [1.54, 1.807) is 0 Å². The first-order valence-electron chi connectivity index (χ1n) is 6.77. The molecule has 5 nitrogen and oxygen atoms in total. The van der Waals surface area contributed by atoms with Gasteiger partial charge >= 0.3 is 0 Å². The van der Waals surface area contributed by atoms with Gasteiger partial charge < -0.3 is 10.3 Å². The van der Waals surface area contributed by atoms with Crippen LogP contribution in [-0.4, -0.2) is 21.5 Å². The van der Waals surface area contributed by atoms with Crippen LogP contribution in [0.1, 0.15) is 26.3 Å². The maximum absolute atomic E-state index is 11.9. The van der Waals surface area contributed by atoms with Crippen molar-refractivity contribution in [2.45, 2.75) is 32.7 Å². The van der Waals surface area contributed by atoms with Gasteiger partial charge in [0.15, 0.2) is 5.11 Å². The van der Waals surface area contributed by atoms with Gasteiger partial charge in [0, 0.05) is 22.6 Å². The van der Waals surface area contributed by atoms with E-state index in [4.69, 9.17) is 12.2 Å². The number of para-hydroxylation sites is 1. The van der Waals surface area contributed by atoms with Crippen molar-refractivity contribution in [2.24, 2.45) is 0 Å². The molecule has 0 spiro atoms. The van der Waals surface area contributed by atoms with E-state index < -0.39 is 0 Å². The molecule has 0 aliphatic rings. The maximum Gasteiger partial charge on any atom is 0.242 e. The van der Waals surface area contributed by atoms with Gasteiger partial charge in [0.2, 0.25) is 5.91 Å². The predicted octanol–water partition coefficient (Wildman–Crippen LogP) is 2.00. The minimum absolute atomic E-state index is 0.141. The molecule has 6 heteroatoms. The van der Waals surface area contributed by atoms with Gasteiger partial charge in [-0.25, -0.2) is 0 Å². The second kappa shape index (κ2) is 6.13. The zero-order valence-electron chi connectivity index (χ0n) is 12.4. The molecule has 1 aromatic carbocycles. The molecule has 0 radical (unpaired) electrons. The molecule has 1 aromatic heterocycles.